The molecule has 0 unspecified atom stereocenters. The quantitative estimate of drug-likeness (QED) is 0.261. The Balaban J connectivity index is 2.00. The number of halogens is 2. The molecule has 0 radical (unpaired) electrons. The minimum Gasteiger partial charge on any atom is -0.506 e. The zero-order valence-electron chi connectivity index (χ0n) is 16.0. The van der Waals surface area contributed by atoms with Crippen molar-refractivity contribution >= 4 is 23.6 Å². The molecule has 0 fully saturated rings. The number of carbonyl (C=O) groups is 1. The molecule has 1 N–H and O–H groups in total. The molecule has 0 amide bonds. The largest absolute Gasteiger partial charge is 0.506 e. The van der Waals surface area contributed by atoms with E-state index in [0.29, 0.717) is 11.3 Å². The Hall–Kier alpha value is -3.87. The Kier molecular flexibility index (Phi) is 6.64. The number of aromatic nitrogens is 1. The predicted molar refractivity (Wildman–Crippen MR) is 110 cm³/mol. The van der Waals surface area contributed by atoms with Crippen LogP contribution < -0.4 is 0 Å². The fourth-order valence-electron chi connectivity index (χ4n) is 2.66. The molecule has 0 saturated heterocycles. The van der Waals surface area contributed by atoms with Gasteiger partial charge in [-0.3, -0.25) is 9.98 Å². The van der Waals surface area contributed by atoms with Gasteiger partial charge in [0.2, 0.25) is 0 Å². The first-order valence-corrected chi connectivity index (χ1v) is 9.10. The summed E-state index contributed by atoms with van der Waals surface area (Å²) in [5.74, 6) is -2.63. The molecule has 5 nitrogen and oxygen atoms in total. The summed E-state index contributed by atoms with van der Waals surface area (Å²) in [5.41, 5.74) is 1.18. The van der Waals surface area contributed by atoms with Gasteiger partial charge in [0, 0.05) is 18.6 Å². The zero-order valence-corrected chi connectivity index (χ0v) is 16.0. The molecule has 0 aliphatic carbocycles. The van der Waals surface area contributed by atoms with E-state index in [0.717, 1.165) is 11.8 Å². The molecule has 1 aromatic heterocycles. The molecule has 0 atom stereocenters. The molecule has 0 saturated carbocycles. The number of aliphatic imine (C=N–C) groups is 1. The highest BCUT2D eigenvalue weighted by molar-refractivity contribution is 6.15. The average molecular weight is 408 g/mol. The first-order valence-electron chi connectivity index (χ1n) is 9.10. The van der Waals surface area contributed by atoms with Gasteiger partial charge in [0.05, 0.1) is 17.9 Å². The molecule has 3 aromatic rings. The Morgan fingerprint density at radius 2 is 1.77 bits per heavy atom. The van der Waals surface area contributed by atoms with Crippen LogP contribution in [0.1, 0.15) is 12.5 Å². The smallest absolute Gasteiger partial charge is 0.343 e. The highest BCUT2D eigenvalue weighted by Gasteiger charge is 2.19. The van der Waals surface area contributed by atoms with Gasteiger partial charge < -0.3 is 9.84 Å². The number of aliphatic hydroxyl groups is 1. The zero-order chi connectivity index (χ0) is 21.5. The topological polar surface area (TPSA) is 71.8 Å². The van der Waals surface area contributed by atoms with Crippen LogP contribution in [0.3, 0.4) is 0 Å². The van der Waals surface area contributed by atoms with E-state index < -0.39 is 23.4 Å². The minimum atomic E-state index is -0.863. The number of hydrogen-bond acceptors (Lipinski definition) is 5. The number of ether oxygens (including phenoxy) is 1. The number of carbonyl (C=O) groups excluding carboxylic acids is 1. The van der Waals surface area contributed by atoms with Crippen LogP contribution >= 0.6 is 0 Å². The van der Waals surface area contributed by atoms with E-state index in [4.69, 9.17) is 4.74 Å². The lowest BCUT2D eigenvalue weighted by Crippen LogP contribution is -2.11. The molecule has 0 aliphatic heterocycles. The summed E-state index contributed by atoms with van der Waals surface area (Å²) in [6, 6.07) is 12.9. The van der Waals surface area contributed by atoms with E-state index in [2.05, 4.69) is 9.98 Å². The molecule has 0 spiro atoms. The van der Waals surface area contributed by atoms with Crippen molar-refractivity contribution in [3.05, 3.63) is 89.8 Å². The Labute approximate surface area is 172 Å². The van der Waals surface area contributed by atoms with E-state index in [9.17, 15) is 18.7 Å². The van der Waals surface area contributed by atoms with Crippen LogP contribution in [-0.2, 0) is 9.53 Å². The molecule has 3 rings (SSSR count). The van der Waals surface area contributed by atoms with Gasteiger partial charge in [-0.05, 0) is 66.6 Å². The van der Waals surface area contributed by atoms with E-state index in [-0.39, 0.29) is 17.7 Å². The highest BCUT2D eigenvalue weighted by atomic mass is 19.1. The van der Waals surface area contributed by atoms with E-state index >= 15 is 0 Å². The molecule has 30 heavy (non-hydrogen) atoms. The summed E-state index contributed by atoms with van der Waals surface area (Å²) >= 11 is 0. The normalized spacial score (nSPS) is 12.0. The minimum absolute atomic E-state index is 0.0590. The molecule has 1 heterocycles. The summed E-state index contributed by atoms with van der Waals surface area (Å²) in [6.07, 6.45) is 4.24. The van der Waals surface area contributed by atoms with Gasteiger partial charge in [-0.2, -0.15) is 0 Å². The third kappa shape index (κ3) is 4.94. The standard InChI is InChI=1S/C23H18F2N2O3/c1-2-30-23(29)20(14-27-18-6-4-17(24)5-7-18)22(28)19-8-3-16(13-21(19)25)15-9-11-26-12-10-15/h3-14,28H,2H2,1H3/b22-20-,27-14?. The lowest BCUT2D eigenvalue weighted by Gasteiger charge is -2.09. The van der Waals surface area contributed by atoms with Gasteiger partial charge in [0.1, 0.15) is 23.0 Å². The van der Waals surface area contributed by atoms with Crippen LogP contribution in [0.25, 0.3) is 16.9 Å². The molecule has 0 bridgehead atoms. The van der Waals surface area contributed by atoms with Crippen molar-refractivity contribution in [1.29, 1.82) is 0 Å². The summed E-state index contributed by atoms with van der Waals surface area (Å²) in [7, 11) is 0. The van der Waals surface area contributed by atoms with E-state index in [1.807, 2.05) is 0 Å². The molecule has 152 valence electrons. The average Bonchev–Trinajstić information content (AvgIpc) is 2.76. The van der Waals surface area contributed by atoms with Crippen LogP contribution in [0, 0.1) is 11.6 Å². The van der Waals surface area contributed by atoms with Crippen molar-refractivity contribution < 1.29 is 23.4 Å². The van der Waals surface area contributed by atoms with Crippen molar-refractivity contribution in [1.82, 2.24) is 4.98 Å². The lowest BCUT2D eigenvalue weighted by molar-refractivity contribution is -0.137. The summed E-state index contributed by atoms with van der Waals surface area (Å²) in [6.45, 7) is 1.66. The van der Waals surface area contributed by atoms with Gasteiger partial charge in [0.15, 0.2) is 0 Å². The third-order valence-electron chi connectivity index (χ3n) is 4.16. The van der Waals surface area contributed by atoms with E-state index in [1.165, 1.54) is 36.4 Å². The molecule has 0 aliphatic rings. The predicted octanol–water partition coefficient (Wildman–Crippen LogP) is 5.26. The summed E-state index contributed by atoms with van der Waals surface area (Å²) in [5, 5.41) is 10.6. The maximum atomic E-state index is 14.8. The molecule has 2 aromatic carbocycles. The van der Waals surface area contributed by atoms with Crippen LogP contribution in [0.5, 0.6) is 0 Å². The second-order valence-electron chi connectivity index (χ2n) is 6.15. The van der Waals surface area contributed by atoms with Gasteiger partial charge in [0.25, 0.3) is 0 Å². The van der Waals surface area contributed by atoms with Gasteiger partial charge >= 0.3 is 5.97 Å². The number of benzene rings is 2. The van der Waals surface area contributed by atoms with Gasteiger partial charge in [-0.25, -0.2) is 13.6 Å². The van der Waals surface area contributed by atoms with Crippen LogP contribution in [-0.4, -0.2) is 28.9 Å². The Morgan fingerprint density at radius 1 is 1.07 bits per heavy atom. The third-order valence-corrected chi connectivity index (χ3v) is 4.16. The number of hydrogen-bond donors (Lipinski definition) is 1. The van der Waals surface area contributed by atoms with Crippen LogP contribution in [0.2, 0.25) is 0 Å². The van der Waals surface area contributed by atoms with Crippen molar-refractivity contribution in [3.8, 4) is 11.1 Å². The maximum absolute atomic E-state index is 14.8. The second kappa shape index (κ2) is 9.56. The fraction of sp³-hybridized carbons (Fsp3) is 0.0870. The Morgan fingerprint density at radius 3 is 2.40 bits per heavy atom. The van der Waals surface area contributed by atoms with Gasteiger partial charge in [-0.1, -0.05) is 6.07 Å². The van der Waals surface area contributed by atoms with Crippen molar-refractivity contribution in [3.63, 3.8) is 0 Å². The van der Waals surface area contributed by atoms with Crippen molar-refractivity contribution in [2.45, 2.75) is 6.92 Å². The number of aliphatic hydroxyl groups excluding tert-OH is 1. The number of esters is 1. The summed E-state index contributed by atoms with van der Waals surface area (Å²) in [4.78, 5) is 20.3. The summed E-state index contributed by atoms with van der Waals surface area (Å²) < 4.78 is 32.7. The van der Waals surface area contributed by atoms with Gasteiger partial charge in [-0.15, -0.1) is 0 Å². The first kappa shape index (κ1) is 20.9. The first-order chi connectivity index (χ1) is 14.5. The van der Waals surface area contributed by atoms with Crippen LogP contribution in [0.4, 0.5) is 14.5 Å². The fourth-order valence-corrected chi connectivity index (χ4v) is 2.66. The second-order valence-corrected chi connectivity index (χ2v) is 6.15. The number of nitrogens with zero attached hydrogens (tertiary/aromatic N) is 2. The highest BCUT2D eigenvalue weighted by Crippen LogP contribution is 2.26. The number of rotatable bonds is 6. The number of pyridine rings is 1. The maximum Gasteiger partial charge on any atom is 0.343 e. The SMILES string of the molecule is CCOC(=O)/C(C=Nc1ccc(F)cc1)=C(\O)c1ccc(-c2ccncc2)cc1F. The Bertz CT molecular complexity index is 1100. The van der Waals surface area contributed by atoms with Crippen LogP contribution in [0.15, 0.2) is 77.6 Å². The monoisotopic (exact) mass is 408 g/mol. The molecule has 7 heteroatoms. The van der Waals surface area contributed by atoms with E-state index in [1.54, 1.807) is 37.5 Å². The van der Waals surface area contributed by atoms with Crippen molar-refractivity contribution in [2.24, 2.45) is 4.99 Å². The molecular weight excluding hydrogens is 390 g/mol. The molecular formula is C23H18F2N2O3. The van der Waals surface area contributed by atoms with Crippen molar-refractivity contribution in [2.75, 3.05) is 6.61 Å². The lowest BCUT2D eigenvalue weighted by atomic mass is 10.0.